The molecular weight excluding hydrogens is 817 g/mol. The Morgan fingerprint density at radius 3 is 1.41 bits per heavy atom. The van der Waals surface area contributed by atoms with Crippen molar-refractivity contribution in [3.63, 3.8) is 0 Å². The van der Waals surface area contributed by atoms with Crippen molar-refractivity contribution in [3.05, 3.63) is 157 Å². The predicted molar refractivity (Wildman–Crippen MR) is 200 cm³/mol. The van der Waals surface area contributed by atoms with Gasteiger partial charge in [0.05, 0.1) is 20.0 Å². The SMILES string of the molecule is CC(=O)C=C(C)O.COc1cc2c(cc1C)oc1cc(C)c(OC)cc12.[Ir].[c-]1ccccc1-c1ccccn1.[c-]1ccccc1-c1ccccn1. The number of rotatable bonds is 5. The number of allylic oxidation sites excluding steroid dienone is 2. The van der Waals surface area contributed by atoms with Crippen molar-refractivity contribution >= 4 is 27.7 Å². The van der Waals surface area contributed by atoms with Gasteiger partial charge in [-0.15, -0.1) is 71.8 Å². The average Bonchev–Trinajstić information content (AvgIpc) is 3.48. The van der Waals surface area contributed by atoms with Gasteiger partial charge in [0.25, 0.3) is 0 Å². The number of furan rings is 1. The van der Waals surface area contributed by atoms with Crippen LogP contribution in [0.15, 0.2) is 138 Å². The van der Waals surface area contributed by atoms with Gasteiger partial charge in [0.1, 0.15) is 22.7 Å². The molecule has 0 saturated heterocycles. The van der Waals surface area contributed by atoms with Crippen LogP contribution >= 0.6 is 0 Å². The molecule has 8 heteroatoms. The summed E-state index contributed by atoms with van der Waals surface area (Å²) in [6.45, 7) is 6.87. The number of aromatic nitrogens is 2. The molecule has 7 rings (SSSR count). The van der Waals surface area contributed by atoms with Gasteiger partial charge in [0, 0.05) is 49.3 Å². The third-order valence-corrected chi connectivity index (χ3v) is 7.22. The summed E-state index contributed by atoms with van der Waals surface area (Å²) in [5, 5.41) is 10.5. The van der Waals surface area contributed by atoms with Crippen LogP contribution in [0, 0.1) is 26.0 Å². The molecule has 7 aromatic rings. The molecule has 1 N–H and O–H groups in total. The number of ether oxygens (including phenoxy) is 2. The zero-order chi connectivity index (χ0) is 35.9. The van der Waals surface area contributed by atoms with E-state index in [9.17, 15) is 4.79 Å². The van der Waals surface area contributed by atoms with E-state index in [1.54, 1.807) is 26.6 Å². The maximum Gasteiger partial charge on any atom is 0.155 e. The minimum atomic E-state index is -0.125. The molecule has 0 aliphatic heterocycles. The van der Waals surface area contributed by atoms with Crippen LogP contribution in [0.1, 0.15) is 25.0 Å². The van der Waals surface area contributed by atoms with Crippen molar-refractivity contribution in [2.45, 2.75) is 27.7 Å². The van der Waals surface area contributed by atoms with E-state index >= 15 is 0 Å². The first kappa shape index (κ1) is 39.9. The van der Waals surface area contributed by atoms with Crippen LogP contribution in [-0.4, -0.2) is 35.1 Å². The van der Waals surface area contributed by atoms with Gasteiger partial charge in [-0.1, -0.05) is 24.3 Å². The Balaban J connectivity index is 0.000000193. The van der Waals surface area contributed by atoms with Gasteiger partial charge in [-0.3, -0.25) is 4.79 Å². The van der Waals surface area contributed by atoms with Crippen LogP contribution in [0.25, 0.3) is 44.5 Å². The smallest absolute Gasteiger partial charge is 0.155 e. The quantitative estimate of drug-likeness (QED) is 0.105. The van der Waals surface area contributed by atoms with Crippen molar-refractivity contribution in [2.75, 3.05) is 14.2 Å². The Morgan fingerprint density at radius 1 is 0.686 bits per heavy atom. The van der Waals surface area contributed by atoms with Gasteiger partial charge in [-0.05, 0) is 86.6 Å². The number of pyridine rings is 2. The van der Waals surface area contributed by atoms with E-state index in [1.165, 1.54) is 19.9 Å². The molecule has 0 bridgehead atoms. The number of ketones is 1. The molecule has 7 nitrogen and oxygen atoms in total. The van der Waals surface area contributed by atoms with Crippen LogP contribution in [0.2, 0.25) is 0 Å². The number of nitrogens with zero attached hydrogens (tertiary/aromatic N) is 2. The van der Waals surface area contributed by atoms with Gasteiger partial charge in [0.2, 0.25) is 0 Å². The van der Waals surface area contributed by atoms with Gasteiger partial charge in [-0.25, -0.2) is 0 Å². The number of hydrogen-bond donors (Lipinski definition) is 1. The fourth-order valence-electron chi connectivity index (χ4n) is 4.91. The monoisotopic (exact) mass is 857 g/mol. The Labute approximate surface area is 313 Å². The molecule has 3 aromatic heterocycles. The third kappa shape index (κ3) is 11.8. The first-order chi connectivity index (χ1) is 24.2. The zero-order valence-corrected chi connectivity index (χ0v) is 31.8. The number of aliphatic hydroxyl groups is 1. The predicted octanol–water partition coefficient (Wildman–Crippen LogP) is 10.4. The summed E-state index contributed by atoms with van der Waals surface area (Å²) in [7, 11) is 3.36. The Morgan fingerprint density at radius 2 is 1.12 bits per heavy atom. The van der Waals surface area contributed by atoms with Crippen molar-refractivity contribution < 1.29 is 43.9 Å². The minimum absolute atomic E-state index is 0. The topological polar surface area (TPSA) is 94.7 Å². The van der Waals surface area contributed by atoms with E-state index < -0.39 is 0 Å². The second-order valence-corrected chi connectivity index (χ2v) is 11.1. The standard InChI is InChI=1S/C16H16O3.2C11H8N.C5H8O2.Ir/c1-9-5-15-11(7-13(9)17-3)12-8-14(18-4)10(2)6-16(12)19-15;2*1-2-6-10(7-3-1)11-8-4-5-9-12-11;1-4(6)3-5(2)7;/h5-8H,1-4H3;2*1-6,8-9H;3,6H,1-2H3;/q;2*-1;;. The van der Waals surface area contributed by atoms with Crippen LogP contribution in [-0.2, 0) is 24.9 Å². The number of aliphatic hydroxyl groups excluding tert-OH is 1. The number of carbonyl (C=O) groups excluding carboxylic acids is 1. The molecule has 1 radical (unpaired) electrons. The van der Waals surface area contributed by atoms with Crippen LogP contribution in [0.4, 0.5) is 0 Å². The number of carbonyl (C=O) groups is 1. The molecule has 0 spiro atoms. The summed E-state index contributed by atoms with van der Waals surface area (Å²) in [6, 6.07) is 41.7. The van der Waals surface area contributed by atoms with E-state index in [0.29, 0.717) is 0 Å². The molecular formula is C43H40IrN2O5-2. The number of benzene rings is 4. The number of methoxy groups -OCH3 is 2. The summed E-state index contributed by atoms with van der Waals surface area (Å²) < 4.78 is 16.7. The molecule has 0 unspecified atom stereocenters. The van der Waals surface area contributed by atoms with E-state index in [0.717, 1.165) is 67.1 Å². The van der Waals surface area contributed by atoms with Gasteiger partial charge >= 0.3 is 0 Å². The molecule has 0 aliphatic rings. The van der Waals surface area contributed by atoms with Crippen molar-refractivity contribution in [3.8, 4) is 34.0 Å². The molecule has 3 heterocycles. The maximum absolute atomic E-state index is 10.0. The van der Waals surface area contributed by atoms with E-state index in [-0.39, 0.29) is 31.6 Å². The van der Waals surface area contributed by atoms with E-state index in [1.807, 2.05) is 123 Å². The van der Waals surface area contributed by atoms with Crippen LogP contribution < -0.4 is 9.47 Å². The van der Waals surface area contributed by atoms with E-state index in [2.05, 4.69) is 22.1 Å². The fourth-order valence-corrected chi connectivity index (χ4v) is 4.91. The third-order valence-electron chi connectivity index (χ3n) is 7.22. The molecule has 0 fully saturated rings. The average molecular weight is 857 g/mol. The Bertz CT molecular complexity index is 1920. The van der Waals surface area contributed by atoms with Crippen LogP contribution in [0.3, 0.4) is 0 Å². The first-order valence-electron chi connectivity index (χ1n) is 15.9. The maximum atomic E-state index is 10.0. The summed E-state index contributed by atoms with van der Waals surface area (Å²) in [6.07, 6.45) is 4.74. The molecule has 0 amide bonds. The van der Waals surface area contributed by atoms with E-state index in [4.69, 9.17) is 19.0 Å². The van der Waals surface area contributed by atoms with Gasteiger partial charge in [0.15, 0.2) is 5.78 Å². The molecule has 4 aromatic carbocycles. The molecule has 0 atom stereocenters. The fraction of sp³-hybridized carbons (Fsp3) is 0.140. The summed E-state index contributed by atoms with van der Waals surface area (Å²) in [5.41, 5.74) is 7.91. The van der Waals surface area contributed by atoms with Gasteiger partial charge < -0.3 is 29.0 Å². The summed E-state index contributed by atoms with van der Waals surface area (Å²) >= 11 is 0. The minimum Gasteiger partial charge on any atom is -0.512 e. The zero-order valence-electron chi connectivity index (χ0n) is 29.4. The van der Waals surface area contributed by atoms with Gasteiger partial charge in [-0.2, -0.15) is 0 Å². The summed E-state index contributed by atoms with van der Waals surface area (Å²) in [5.74, 6) is 1.68. The molecule has 51 heavy (non-hydrogen) atoms. The van der Waals surface area contributed by atoms with Crippen LogP contribution in [0.5, 0.6) is 11.5 Å². The van der Waals surface area contributed by atoms with Crippen molar-refractivity contribution in [1.29, 1.82) is 0 Å². The number of aryl methyl sites for hydroxylation is 2. The Kier molecular flexibility index (Phi) is 15.8. The normalized spacial score (nSPS) is 10.3. The van der Waals surface area contributed by atoms with Crippen molar-refractivity contribution in [1.82, 2.24) is 9.97 Å². The first-order valence-corrected chi connectivity index (χ1v) is 15.9. The molecule has 0 saturated carbocycles. The second-order valence-electron chi connectivity index (χ2n) is 11.1. The summed E-state index contributed by atoms with van der Waals surface area (Å²) in [4.78, 5) is 18.5. The largest absolute Gasteiger partial charge is 0.512 e. The Hall–Kier alpha value is -5.56. The molecule has 263 valence electrons. The number of fused-ring (bicyclic) bond motifs is 3. The second kappa shape index (κ2) is 20.2. The van der Waals surface area contributed by atoms with Crippen molar-refractivity contribution in [2.24, 2.45) is 0 Å². The molecule has 0 aliphatic carbocycles. The number of hydrogen-bond acceptors (Lipinski definition) is 7.